The average molecular weight is 152 g/mol. The Morgan fingerprint density at radius 1 is 1.73 bits per heavy atom. The highest BCUT2D eigenvalue weighted by atomic mass is 16.1. The maximum Gasteiger partial charge on any atom is 0.136 e. The predicted octanol–water partition coefficient (Wildman–Crippen LogP) is 2.42. The number of carbonyl (C=O) groups is 1. The van der Waals surface area contributed by atoms with Crippen LogP contribution in [0, 0.1) is 17.8 Å². The molecule has 0 unspecified atom stereocenters. The van der Waals surface area contributed by atoms with Crippen LogP contribution in [0.4, 0.5) is 0 Å². The van der Waals surface area contributed by atoms with E-state index in [1.165, 1.54) is 0 Å². The van der Waals surface area contributed by atoms with Crippen LogP contribution in [0.15, 0.2) is 12.7 Å². The van der Waals surface area contributed by atoms with Gasteiger partial charge in [0.25, 0.3) is 0 Å². The van der Waals surface area contributed by atoms with Gasteiger partial charge in [-0.3, -0.25) is 4.79 Å². The van der Waals surface area contributed by atoms with E-state index in [1.54, 1.807) is 0 Å². The maximum absolute atomic E-state index is 11.3. The van der Waals surface area contributed by atoms with Gasteiger partial charge >= 0.3 is 0 Å². The Morgan fingerprint density at radius 3 is 2.73 bits per heavy atom. The second kappa shape index (κ2) is 3.21. The van der Waals surface area contributed by atoms with Gasteiger partial charge in [-0.1, -0.05) is 19.9 Å². The van der Waals surface area contributed by atoms with Crippen molar-refractivity contribution in [2.75, 3.05) is 0 Å². The van der Waals surface area contributed by atoms with Crippen molar-refractivity contribution in [2.45, 2.75) is 26.7 Å². The number of ketones is 1. The van der Waals surface area contributed by atoms with Crippen LogP contribution in [-0.2, 0) is 4.79 Å². The molecule has 62 valence electrons. The topological polar surface area (TPSA) is 17.1 Å². The van der Waals surface area contributed by atoms with Gasteiger partial charge in [-0.15, -0.1) is 6.58 Å². The van der Waals surface area contributed by atoms with E-state index in [1.807, 2.05) is 6.08 Å². The lowest BCUT2D eigenvalue weighted by Gasteiger charge is -2.18. The highest BCUT2D eigenvalue weighted by molar-refractivity contribution is 5.83. The van der Waals surface area contributed by atoms with Crippen LogP contribution in [0.3, 0.4) is 0 Å². The van der Waals surface area contributed by atoms with Gasteiger partial charge in [0.2, 0.25) is 0 Å². The van der Waals surface area contributed by atoms with E-state index in [0.717, 1.165) is 12.8 Å². The Morgan fingerprint density at radius 2 is 2.36 bits per heavy atom. The molecule has 0 N–H and O–H groups in total. The molecule has 1 nitrogen and oxygen atoms in total. The molecule has 0 heterocycles. The lowest BCUT2D eigenvalue weighted by atomic mass is 9.86. The van der Waals surface area contributed by atoms with Crippen LogP contribution >= 0.6 is 0 Å². The SMILES string of the molecule is C=C[C@H](C)[C@H]1C(=O)CC[C@H]1C. The number of Topliss-reactive ketones (excluding diaryl/α,β-unsaturated/α-hetero) is 1. The van der Waals surface area contributed by atoms with Crippen molar-refractivity contribution in [3.05, 3.63) is 12.7 Å². The molecule has 0 radical (unpaired) electrons. The minimum absolute atomic E-state index is 0.257. The quantitative estimate of drug-likeness (QED) is 0.555. The molecule has 3 atom stereocenters. The van der Waals surface area contributed by atoms with Gasteiger partial charge in [-0.2, -0.15) is 0 Å². The second-order valence-electron chi connectivity index (χ2n) is 3.60. The molecule has 0 aliphatic heterocycles. The van der Waals surface area contributed by atoms with E-state index in [4.69, 9.17) is 0 Å². The molecule has 0 saturated heterocycles. The summed E-state index contributed by atoms with van der Waals surface area (Å²) in [6.45, 7) is 7.96. The van der Waals surface area contributed by atoms with Crippen LogP contribution < -0.4 is 0 Å². The number of allylic oxidation sites excluding steroid dienone is 1. The number of carbonyl (C=O) groups excluding carboxylic acids is 1. The molecule has 0 aromatic rings. The van der Waals surface area contributed by atoms with E-state index < -0.39 is 0 Å². The Kier molecular flexibility index (Phi) is 2.48. The highest BCUT2D eigenvalue weighted by Gasteiger charge is 2.33. The van der Waals surface area contributed by atoms with Crippen molar-refractivity contribution < 1.29 is 4.79 Å². The van der Waals surface area contributed by atoms with Crippen molar-refractivity contribution in [3.8, 4) is 0 Å². The maximum atomic E-state index is 11.3. The van der Waals surface area contributed by atoms with E-state index in [9.17, 15) is 4.79 Å². The van der Waals surface area contributed by atoms with Crippen LogP contribution in [0.25, 0.3) is 0 Å². The molecule has 1 aliphatic carbocycles. The monoisotopic (exact) mass is 152 g/mol. The Hall–Kier alpha value is -0.590. The van der Waals surface area contributed by atoms with Crippen LogP contribution in [-0.4, -0.2) is 5.78 Å². The smallest absolute Gasteiger partial charge is 0.136 e. The molecule has 1 aliphatic rings. The van der Waals surface area contributed by atoms with Gasteiger partial charge < -0.3 is 0 Å². The summed E-state index contributed by atoms with van der Waals surface area (Å²) in [7, 11) is 0. The molecular formula is C10H16O. The molecule has 11 heavy (non-hydrogen) atoms. The number of hydrogen-bond donors (Lipinski definition) is 0. The van der Waals surface area contributed by atoms with Crippen molar-refractivity contribution in [1.82, 2.24) is 0 Å². The van der Waals surface area contributed by atoms with E-state index in [2.05, 4.69) is 20.4 Å². The molecule has 0 spiro atoms. The van der Waals surface area contributed by atoms with Crippen LogP contribution in [0.1, 0.15) is 26.7 Å². The first-order valence-electron chi connectivity index (χ1n) is 4.32. The van der Waals surface area contributed by atoms with Gasteiger partial charge in [0.1, 0.15) is 5.78 Å². The predicted molar refractivity (Wildman–Crippen MR) is 46.3 cm³/mol. The summed E-state index contributed by atoms with van der Waals surface area (Å²) < 4.78 is 0. The molecule has 0 bridgehead atoms. The fourth-order valence-electron chi connectivity index (χ4n) is 1.99. The zero-order valence-electron chi connectivity index (χ0n) is 7.34. The molecule has 0 amide bonds. The van der Waals surface area contributed by atoms with Crippen molar-refractivity contribution in [3.63, 3.8) is 0 Å². The van der Waals surface area contributed by atoms with E-state index in [-0.39, 0.29) is 5.92 Å². The normalized spacial score (nSPS) is 33.8. The average Bonchev–Trinajstić information content (AvgIpc) is 2.30. The third-order valence-electron chi connectivity index (χ3n) is 2.77. The summed E-state index contributed by atoms with van der Waals surface area (Å²) in [5.74, 6) is 1.62. The summed E-state index contributed by atoms with van der Waals surface area (Å²) >= 11 is 0. The standard InChI is InChI=1S/C10H16O/c1-4-7(2)10-8(3)5-6-9(10)11/h4,7-8,10H,1,5-6H2,2-3H3/t7-,8+,10+/m0/s1. The second-order valence-corrected chi connectivity index (χ2v) is 3.60. The van der Waals surface area contributed by atoms with Crippen LogP contribution in [0.2, 0.25) is 0 Å². The molecule has 1 saturated carbocycles. The minimum atomic E-state index is 0.257. The van der Waals surface area contributed by atoms with Crippen molar-refractivity contribution in [1.29, 1.82) is 0 Å². The van der Waals surface area contributed by atoms with Crippen molar-refractivity contribution in [2.24, 2.45) is 17.8 Å². The number of hydrogen-bond acceptors (Lipinski definition) is 1. The highest BCUT2D eigenvalue weighted by Crippen LogP contribution is 2.33. The largest absolute Gasteiger partial charge is 0.299 e. The van der Waals surface area contributed by atoms with Gasteiger partial charge in [-0.05, 0) is 18.3 Å². The zero-order valence-corrected chi connectivity index (χ0v) is 7.34. The number of rotatable bonds is 2. The molecular weight excluding hydrogens is 136 g/mol. The third kappa shape index (κ3) is 1.52. The Balaban J connectivity index is 2.67. The first-order valence-corrected chi connectivity index (χ1v) is 4.32. The van der Waals surface area contributed by atoms with Gasteiger partial charge in [-0.25, -0.2) is 0 Å². The zero-order chi connectivity index (χ0) is 8.43. The Bertz CT molecular complexity index is 172. The summed E-state index contributed by atoms with van der Waals surface area (Å²) in [6.07, 6.45) is 3.75. The van der Waals surface area contributed by atoms with Gasteiger partial charge in [0.15, 0.2) is 0 Å². The fourth-order valence-corrected chi connectivity index (χ4v) is 1.99. The van der Waals surface area contributed by atoms with Gasteiger partial charge in [0.05, 0.1) is 0 Å². The van der Waals surface area contributed by atoms with Crippen molar-refractivity contribution >= 4 is 5.78 Å². The lowest BCUT2D eigenvalue weighted by molar-refractivity contribution is -0.122. The van der Waals surface area contributed by atoms with E-state index in [0.29, 0.717) is 17.6 Å². The van der Waals surface area contributed by atoms with Crippen LogP contribution in [0.5, 0.6) is 0 Å². The van der Waals surface area contributed by atoms with E-state index >= 15 is 0 Å². The third-order valence-corrected chi connectivity index (χ3v) is 2.77. The molecule has 0 aromatic carbocycles. The first kappa shape index (κ1) is 8.51. The molecule has 1 fully saturated rings. The lowest BCUT2D eigenvalue weighted by Crippen LogP contribution is -2.19. The summed E-state index contributed by atoms with van der Waals surface area (Å²) in [4.78, 5) is 11.3. The molecule has 1 heteroatoms. The fraction of sp³-hybridized carbons (Fsp3) is 0.700. The molecule has 0 aromatic heterocycles. The summed E-state index contributed by atoms with van der Waals surface area (Å²) in [5.41, 5.74) is 0. The first-order chi connectivity index (χ1) is 5.16. The Labute approximate surface area is 68.5 Å². The van der Waals surface area contributed by atoms with Gasteiger partial charge in [0, 0.05) is 12.3 Å². The summed E-state index contributed by atoms with van der Waals surface area (Å²) in [6, 6.07) is 0. The summed E-state index contributed by atoms with van der Waals surface area (Å²) in [5, 5.41) is 0. The minimum Gasteiger partial charge on any atom is -0.299 e. The molecule has 1 rings (SSSR count).